The number of nitrogens with zero attached hydrogens (tertiary/aromatic N) is 2. The van der Waals surface area contributed by atoms with E-state index in [1.807, 2.05) is 19.1 Å². The van der Waals surface area contributed by atoms with E-state index >= 15 is 0 Å². The van der Waals surface area contributed by atoms with Crippen LogP contribution in [-0.4, -0.2) is 41.5 Å². The summed E-state index contributed by atoms with van der Waals surface area (Å²) < 4.78 is 0. The summed E-state index contributed by atoms with van der Waals surface area (Å²) >= 11 is 6.07. The Morgan fingerprint density at radius 3 is 2.61 bits per heavy atom. The van der Waals surface area contributed by atoms with Gasteiger partial charge in [-0.1, -0.05) is 37.1 Å². The lowest BCUT2D eigenvalue weighted by atomic mass is 9.87. The van der Waals surface area contributed by atoms with E-state index in [0.29, 0.717) is 18.1 Å². The first-order chi connectivity index (χ1) is 11.1. The lowest BCUT2D eigenvalue weighted by molar-refractivity contribution is -0.133. The van der Waals surface area contributed by atoms with Crippen molar-refractivity contribution in [2.24, 2.45) is 0 Å². The van der Waals surface area contributed by atoms with Crippen molar-refractivity contribution >= 4 is 23.5 Å². The SMILES string of the molecule is CC[C@]1(c2cccc(Cl)c2)NC(=O)N(CN2CCCCC2)C1=O. The zero-order chi connectivity index (χ0) is 16.4. The van der Waals surface area contributed by atoms with E-state index in [0.717, 1.165) is 31.5 Å². The van der Waals surface area contributed by atoms with Gasteiger partial charge in [0, 0.05) is 5.02 Å². The first-order valence-electron chi connectivity index (χ1n) is 8.19. The van der Waals surface area contributed by atoms with E-state index in [1.54, 1.807) is 12.1 Å². The number of benzene rings is 1. The number of carbonyl (C=O) groups is 2. The van der Waals surface area contributed by atoms with Crippen molar-refractivity contribution in [2.75, 3.05) is 19.8 Å². The van der Waals surface area contributed by atoms with Gasteiger partial charge in [-0.25, -0.2) is 9.69 Å². The van der Waals surface area contributed by atoms with Crippen molar-refractivity contribution in [3.63, 3.8) is 0 Å². The van der Waals surface area contributed by atoms with Crippen molar-refractivity contribution in [1.82, 2.24) is 15.1 Å². The predicted octanol–water partition coefficient (Wildman–Crippen LogP) is 2.94. The van der Waals surface area contributed by atoms with Crippen LogP contribution in [0.5, 0.6) is 0 Å². The fraction of sp³-hybridized carbons (Fsp3) is 0.529. The van der Waals surface area contributed by atoms with Crippen molar-refractivity contribution in [3.05, 3.63) is 34.9 Å². The minimum Gasteiger partial charge on any atom is -0.319 e. The van der Waals surface area contributed by atoms with Gasteiger partial charge in [-0.15, -0.1) is 0 Å². The molecule has 1 aromatic carbocycles. The standard InChI is InChI=1S/C17H22ClN3O2/c1-2-17(13-7-6-8-14(18)11-13)15(22)21(16(23)19-17)12-20-9-4-3-5-10-20/h6-8,11H,2-5,9-10,12H2,1H3,(H,19,23)/t17-/m1/s1. The van der Waals surface area contributed by atoms with Gasteiger partial charge in [0.25, 0.3) is 5.91 Å². The maximum absolute atomic E-state index is 13.0. The van der Waals surface area contributed by atoms with Gasteiger partial charge in [-0.2, -0.15) is 0 Å². The summed E-state index contributed by atoms with van der Waals surface area (Å²) in [6.45, 7) is 4.15. The molecular formula is C17H22ClN3O2. The Kier molecular flexibility index (Phi) is 4.60. The van der Waals surface area contributed by atoms with Crippen LogP contribution in [0, 0.1) is 0 Å². The smallest absolute Gasteiger partial charge is 0.319 e. The molecule has 2 aliphatic heterocycles. The lowest BCUT2D eigenvalue weighted by Crippen LogP contribution is -2.46. The van der Waals surface area contributed by atoms with Gasteiger partial charge in [0.05, 0.1) is 6.67 Å². The second kappa shape index (κ2) is 6.49. The van der Waals surface area contributed by atoms with Gasteiger partial charge in [-0.05, 0) is 50.0 Å². The first kappa shape index (κ1) is 16.3. The zero-order valence-corrected chi connectivity index (χ0v) is 14.1. The highest BCUT2D eigenvalue weighted by molar-refractivity contribution is 6.30. The van der Waals surface area contributed by atoms with E-state index in [2.05, 4.69) is 10.2 Å². The lowest BCUT2D eigenvalue weighted by Gasteiger charge is -2.30. The molecule has 0 unspecified atom stereocenters. The monoisotopic (exact) mass is 335 g/mol. The second-order valence-electron chi connectivity index (χ2n) is 6.25. The number of amides is 3. The van der Waals surface area contributed by atoms with E-state index < -0.39 is 5.54 Å². The quantitative estimate of drug-likeness (QED) is 0.861. The van der Waals surface area contributed by atoms with Crippen LogP contribution >= 0.6 is 11.6 Å². The Bertz CT molecular complexity index is 616. The van der Waals surface area contributed by atoms with Gasteiger partial charge in [-0.3, -0.25) is 9.69 Å². The van der Waals surface area contributed by atoms with Crippen molar-refractivity contribution in [1.29, 1.82) is 0 Å². The molecule has 0 aromatic heterocycles. The van der Waals surface area contributed by atoms with Crippen LogP contribution in [0.3, 0.4) is 0 Å². The fourth-order valence-electron chi connectivity index (χ4n) is 3.45. The fourth-order valence-corrected chi connectivity index (χ4v) is 3.64. The van der Waals surface area contributed by atoms with Gasteiger partial charge < -0.3 is 5.32 Å². The number of nitrogens with one attached hydrogen (secondary N) is 1. The molecule has 2 saturated heterocycles. The molecule has 0 aliphatic carbocycles. The number of piperidine rings is 1. The average Bonchev–Trinajstić information content (AvgIpc) is 2.81. The topological polar surface area (TPSA) is 52.7 Å². The largest absolute Gasteiger partial charge is 0.326 e. The molecule has 0 radical (unpaired) electrons. The molecule has 1 atom stereocenters. The van der Waals surface area contributed by atoms with Crippen LogP contribution in [0.2, 0.25) is 5.02 Å². The molecule has 3 rings (SSSR count). The maximum atomic E-state index is 13.0. The molecular weight excluding hydrogens is 314 g/mol. The van der Waals surface area contributed by atoms with Gasteiger partial charge >= 0.3 is 6.03 Å². The number of likely N-dealkylation sites (tertiary alicyclic amines) is 1. The summed E-state index contributed by atoms with van der Waals surface area (Å²) in [5.41, 5.74) is -0.260. The molecule has 124 valence electrons. The number of hydrogen-bond acceptors (Lipinski definition) is 3. The van der Waals surface area contributed by atoms with Crippen LogP contribution in [-0.2, 0) is 10.3 Å². The predicted molar refractivity (Wildman–Crippen MR) is 89.1 cm³/mol. The van der Waals surface area contributed by atoms with E-state index in [9.17, 15) is 9.59 Å². The summed E-state index contributed by atoms with van der Waals surface area (Å²) in [5, 5.41) is 3.46. The molecule has 3 amide bonds. The molecule has 5 nitrogen and oxygen atoms in total. The number of urea groups is 1. The molecule has 2 aliphatic rings. The normalized spacial score (nSPS) is 25.7. The third-order valence-electron chi connectivity index (χ3n) is 4.81. The summed E-state index contributed by atoms with van der Waals surface area (Å²) in [4.78, 5) is 29.0. The minimum atomic E-state index is -1.00. The summed E-state index contributed by atoms with van der Waals surface area (Å²) in [6.07, 6.45) is 3.96. The zero-order valence-electron chi connectivity index (χ0n) is 13.3. The van der Waals surface area contributed by atoms with Crippen LogP contribution in [0.15, 0.2) is 24.3 Å². The molecule has 1 aromatic rings. The van der Waals surface area contributed by atoms with Crippen LogP contribution in [0.25, 0.3) is 0 Å². The first-order valence-corrected chi connectivity index (χ1v) is 8.57. The van der Waals surface area contributed by atoms with Crippen LogP contribution < -0.4 is 5.32 Å². The number of hydrogen-bond donors (Lipinski definition) is 1. The maximum Gasteiger partial charge on any atom is 0.326 e. The Balaban J connectivity index is 1.85. The highest BCUT2D eigenvalue weighted by atomic mass is 35.5. The van der Waals surface area contributed by atoms with Gasteiger partial charge in [0.15, 0.2) is 0 Å². The highest BCUT2D eigenvalue weighted by Crippen LogP contribution is 2.33. The Morgan fingerprint density at radius 2 is 1.96 bits per heavy atom. The molecule has 0 bridgehead atoms. The van der Waals surface area contributed by atoms with Gasteiger partial charge in [0.2, 0.25) is 0 Å². The number of imide groups is 1. The highest BCUT2D eigenvalue weighted by Gasteiger charge is 2.51. The number of rotatable bonds is 4. The second-order valence-corrected chi connectivity index (χ2v) is 6.69. The van der Waals surface area contributed by atoms with E-state index in [-0.39, 0.29) is 11.9 Å². The van der Waals surface area contributed by atoms with Gasteiger partial charge in [0.1, 0.15) is 5.54 Å². The molecule has 0 spiro atoms. The minimum absolute atomic E-state index is 0.183. The van der Waals surface area contributed by atoms with E-state index in [1.165, 1.54) is 11.3 Å². The summed E-state index contributed by atoms with van der Waals surface area (Å²) in [6, 6.07) is 6.86. The molecule has 2 heterocycles. The molecule has 23 heavy (non-hydrogen) atoms. The Hall–Kier alpha value is -1.59. The Morgan fingerprint density at radius 1 is 1.22 bits per heavy atom. The van der Waals surface area contributed by atoms with Crippen molar-refractivity contribution in [3.8, 4) is 0 Å². The Labute approximate surface area is 141 Å². The summed E-state index contributed by atoms with van der Waals surface area (Å²) in [7, 11) is 0. The molecule has 0 saturated carbocycles. The average molecular weight is 336 g/mol. The molecule has 1 N–H and O–H groups in total. The molecule has 2 fully saturated rings. The third kappa shape index (κ3) is 2.95. The number of halogens is 1. The van der Waals surface area contributed by atoms with E-state index in [4.69, 9.17) is 11.6 Å². The summed E-state index contributed by atoms with van der Waals surface area (Å²) in [5.74, 6) is -0.183. The number of carbonyl (C=O) groups excluding carboxylic acids is 2. The molecule has 6 heteroatoms. The third-order valence-corrected chi connectivity index (χ3v) is 5.05. The van der Waals surface area contributed by atoms with Crippen LogP contribution in [0.1, 0.15) is 38.2 Å². The van der Waals surface area contributed by atoms with Crippen molar-refractivity contribution in [2.45, 2.75) is 38.1 Å². The van der Waals surface area contributed by atoms with Crippen molar-refractivity contribution < 1.29 is 9.59 Å². The van der Waals surface area contributed by atoms with Crippen LogP contribution in [0.4, 0.5) is 4.79 Å².